The van der Waals surface area contributed by atoms with Gasteiger partial charge in [0.05, 0.1) is 9.56 Å². The van der Waals surface area contributed by atoms with Crippen molar-refractivity contribution < 1.29 is 9.59 Å². The van der Waals surface area contributed by atoms with Gasteiger partial charge < -0.3 is 15.1 Å². The Bertz CT molecular complexity index is 1220. The highest BCUT2D eigenvalue weighted by molar-refractivity contribution is 8.18. The van der Waals surface area contributed by atoms with E-state index in [1.165, 1.54) is 23.5 Å². The Labute approximate surface area is 204 Å². The zero-order valence-corrected chi connectivity index (χ0v) is 21.1. The van der Waals surface area contributed by atoms with E-state index in [0.717, 1.165) is 36.3 Å². The molecule has 3 heterocycles. The van der Waals surface area contributed by atoms with Gasteiger partial charge in [-0.1, -0.05) is 29.6 Å². The molecule has 1 N–H and O–H groups in total. The summed E-state index contributed by atoms with van der Waals surface area (Å²) in [4.78, 5) is 41.7. The Hall–Kier alpha value is -2.89. The molecule has 1 aliphatic rings. The van der Waals surface area contributed by atoms with Gasteiger partial charge in [0, 0.05) is 35.8 Å². The largest absolute Gasteiger partial charge is 0.335 e. The molecule has 33 heavy (non-hydrogen) atoms. The second kappa shape index (κ2) is 11.8. The predicted octanol–water partition coefficient (Wildman–Crippen LogP) is 2.98. The van der Waals surface area contributed by atoms with Crippen LogP contribution in [0, 0.1) is 0 Å². The Morgan fingerprint density at radius 3 is 2.76 bits per heavy atom. The number of hydrogen-bond acceptors (Lipinski definition) is 9. The van der Waals surface area contributed by atoms with Gasteiger partial charge in [-0.3, -0.25) is 9.59 Å². The standard InChI is InChI=1S/C22H24N6O2S3/c1-5-28(14-30)21(16(3)32-22(24-13-29)25-18-10-6-7-11-23-18)31-15(2)20-26-19-17(33-20)9-8-12-27(19)4/h6-14H,5H2,1-4H3,(H,23,24,25,29)/b20-15+,21-16-. The third kappa shape index (κ3) is 6.34. The van der Waals surface area contributed by atoms with E-state index in [-0.39, 0.29) is 0 Å². The number of carbonyl (C=O) groups excluding carboxylic acids is 2. The fourth-order valence-corrected chi connectivity index (χ4v) is 5.81. The Morgan fingerprint density at radius 2 is 2.12 bits per heavy atom. The maximum atomic E-state index is 11.8. The Balaban J connectivity index is 1.98. The minimum absolute atomic E-state index is 0.367. The van der Waals surface area contributed by atoms with Crippen molar-refractivity contribution in [1.29, 1.82) is 0 Å². The number of nitrogens with one attached hydrogen (secondary N) is 1. The number of amides is 2. The minimum atomic E-state index is 0.367. The highest BCUT2D eigenvalue weighted by Crippen LogP contribution is 2.35. The number of thioether (sulfide) groups is 2. The van der Waals surface area contributed by atoms with Crippen molar-refractivity contribution in [2.24, 2.45) is 4.99 Å². The van der Waals surface area contributed by atoms with E-state index in [1.807, 2.05) is 57.1 Å². The molecular weight excluding hydrogens is 476 g/mol. The van der Waals surface area contributed by atoms with Crippen molar-refractivity contribution in [3.63, 3.8) is 0 Å². The molecule has 0 fully saturated rings. The van der Waals surface area contributed by atoms with Crippen molar-refractivity contribution in [2.45, 2.75) is 20.8 Å². The van der Waals surface area contributed by atoms with E-state index in [0.29, 0.717) is 23.9 Å². The lowest BCUT2D eigenvalue weighted by Gasteiger charge is -2.21. The zero-order valence-electron chi connectivity index (χ0n) is 18.7. The van der Waals surface area contributed by atoms with Crippen LogP contribution in [-0.2, 0) is 9.59 Å². The van der Waals surface area contributed by atoms with Crippen LogP contribution in [0.1, 0.15) is 20.8 Å². The minimum Gasteiger partial charge on any atom is -0.335 e. The quantitative estimate of drug-likeness (QED) is 0.339. The zero-order chi connectivity index (χ0) is 23.8. The first kappa shape index (κ1) is 24.7. The van der Waals surface area contributed by atoms with Gasteiger partial charge in [0.1, 0.15) is 4.66 Å². The van der Waals surface area contributed by atoms with Gasteiger partial charge in [-0.2, -0.15) is 0 Å². The summed E-state index contributed by atoms with van der Waals surface area (Å²) in [5.41, 5.74) is 0. The van der Waals surface area contributed by atoms with Gasteiger partial charge in [0.15, 0.2) is 16.8 Å². The Morgan fingerprint density at radius 1 is 1.30 bits per heavy atom. The second-order valence-electron chi connectivity index (χ2n) is 6.71. The van der Waals surface area contributed by atoms with Crippen molar-refractivity contribution in [1.82, 2.24) is 20.2 Å². The predicted molar refractivity (Wildman–Crippen MR) is 139 cm³/mol. The highest BCUT2D eigenvalue weighted by Gasteiger charge is 2.17. The lowest BCUT2D eigenvalue weighted by atomic mass is 10.4. The topological polar surface area (TPSA) is 90.8 Å². The molecule has 0 aliphatic carbocycles. The number of hydrogen-bond donors (Lipinski definition) is 1. The Kier molecular flexibility index (Phi) is 8.87. The molecule has 0 spiro atoms. The van der Waals surface area contributed by atoms with Crippen molar-refractivity contribution >= 4 is 75.5 Å². The van der Waals surface area contributed by atoms with Gasteiger partial charge in [0.25, 0.3) is 0 Å². The molecule has 11 heteroatoms. The molecule has 172 valence electrons. The number of carbonyl (C=O) groups is 2. The summed E-state index contributed by atoms with van der Waals surface area (Å²) in [5.74, 6) is 1.39. The van der Waals surface area contributed by atoms with Gasteiger partial charge in [-0.15, -0.1) is 11.3 Å². The van der Waals surface area contributed by atoms with Crippen molar-refractivity contribution in [3.05, 3.63) is 55.8 Å². The van der Waals surface area contributed by atoms with Gasteiger partial charge in [0.2, 0.25) is 12.8 Å². The summed E-state index contributed by atoms with van der Waals surface area (Å²) >= 11 is 4.35. The monoisotopic (exact) mass is 500 g/mol. The van der Waals surface area contributed by atoms with Crippen LogP contribution in [0.3, 0.4) is 0 Å². The molecule has 2 aromatic rings. The number of fused-ring (bicyclic) bond motifs is 1. The third-order valence-corrected chi connectivity index (χ3v) is 7.93. The van der Waals surface area contributed by atoms with Crippen LogP contribution in [0.4, 0.5) is 11.6 Å². The number of amidine groups is 1. The summed E-state index contributed by atoms with van der Waals surface area (Å²) in [6.07, 6.45) is 9.02. The average molecular weight is 501 g/mol. The van der Waals surface area contributed by atoms with Crippen molar-refractivity contribution in [2.75, 3.05) is 18.5 Å². The number of aromatic nitrogens is 2. The molecule has 0 saturated heterocycles. The van der Waals surface area contributed by atoms with Crippen LogP contribution in [0.5, 0.6) is 0 Å². The van der Waals surface area contributed by atoms with Crippen molar-refractivity contribution in [3.8, 4) is 0 Å². The van der Waals surface area contributed by atoms with E-state index < -0.39 is 0 Å². The van der Waals surface area contributed by atoms with E-state index in [1.54, 1.807) is 34.6 Å². The highest BCUT2D eigenvalue weighted by atomic mass is 32.2. The van der Waals surface area contributed by atoms with Crippen LogP contribution in [-0.4, -0.2) is 46.4 Å². The van der Waals surface area contributed by atoms with Crippen LogP contribution in [0.2, 0.25) is 0 Å². The summed E-state index contributed by atoms with van der Waals surface area (Å²) in [5, 5.41) is 3.74. The molecular formula is C22H24N6O2S3. The lowest BCUT2D eigenvalue weighted by molar-refractivity contribution is -0.116. The number of thiazole rings is 1. The van der Waals surface area contributed by atoms with Crippen LogP contribution in [0.15, 0.2) is 51.6 Å². The summed E-state index contributed by atoms with van der Waals surface area (Å²) in [6.45, 7) is 6.29. The molecule has 0 saturated carbocycles. The molecule has 1 aliphatic heterocycles. The normalized spacial score (nSPS) is 14.7. The average Bonchev–Trinajstić information content (AvgIpc) is 3.26. The molecule has 3 rings (SSSR count). The molecule has 0 atom stereocenters. The number of nitrogens with zero attached hydrogens (tertiary/aromatic N) is 5. The molecule has 8 nitrogen and oxygen atoms in total. The number of anilines is 1. The summed E-state index contributed by atoms with van der Waals surface area (Å²) in [7, 11) is 1.97. The number of rotatable bonds is 8. The van der Waals surface area contributed by atoms with Gasteiger partial charge >= 0.3 is 0 Å². The van der Waals surface area contributed by atoms with E-state index >= 15 is 0 Å². The number of allylic oxidation sites excluding steroid dienone is 2. The second-order valence-corrected chi connectivity index (χ2v) is 10.1. The third-order valence-electron chi connectivity index (χ3n) is 4.40. The maximum absolute atomic E-state index is 11.8. The van der Waals surface area contributed by atoms with Crippen LogP contribution < -0.4 is 19.4 Å². The SMILES string of the molecule is CCN(C=O)/C(S/C(C)=c1\nc2c(s1)=CC=CN2C)=C(\C)S/C(=N\c1ccccn1)NC=O. The van der Waals surface area contributed by atoms with Gasteiger partial charge in [-0.05, 0) is 45.1 Å². The molecule has 2 aromatic heterocycles. The van der Waals surface area contributed by atoms with Crippen LogP contribution >= 0.6 is 34.9 Å². The first-order valence-corrected chi connectivity index (χ1v) is 12.5. The maximum Gasteiger partial charge on any atom is 0.214 e. The summed E-state index contributed by atoms with van der Waals surface area (Å²) in [6, 6.07) is 5.36. The lowest BCUT2D eigenvalue weighted by Crippen LogP contribution is -2.22. The molecule has 0 radical (unpaired) electrons. The molecule has 2 amide bonds. The van der Waals surface area contributed by atoms with Crippen LogP contribution in [0.25, 0.3) is 11.0 Å². The van der Waals surface area contributed by atoms with Gasteiger partial charge in [-0.25, -0.2) is 15.0 Å². The van der Waals surface area contributed by atoms with E-state index in [2.05, 4.69) is 15.3 Å². The van der Waals surface area contributed by atoms with E-state index in [9.17, 15) is 9.59 Å². The first-order chi connectivity index (χ1) is 16.0. The molecule has 0 bridgehead atoms. The number of pyridine rings is 1. The first-order valence-electron chi connectivity index (χ1n) is 10.0. The molecule has 0 aromatic carbocycles. The fraction of sp³-hybridized carbons (Fsp3) is 0.227. The van der Waals surface area contributed by atoms with E-state index in [4.69, 9.17) is 4.98 Å². The smallest absolute Gasteiger partial charge is 0.214 e. The molecule has 0 unspecified atom stereocenters. The summed E-state index contributed by atoms with van der Waals surface area (Å²) < 4.78 is 1.98. The number of aliphatic imine (C=N–C) groups is 1. The fourth-order valence-electron chi connectivity index (χ4n) is 2.80.